The lowest BCUT2D eigenvalue weighted by molar-refractivity contribution is 0.284. The molecule has 0 fully saturated rings. The number of para-hydroxylation sites is 2. The normalized spacial score (nSPS) is 9.62. The summed E-state index contributed by atoms with van der Waals surface area (Å²) in [6.45, 7) is 0.541. The van der Waals surface area contributed by atoms with Gasteiger partial charge < -0.3 is 14.6 Å². The van der Waals surface area contributed by atoms with Crippen molar-refractivity contribution in [2.75, 3.05) is 13.7 Å². The average Bonchev–Trinajstić information content (AvgIpc) is 2.54. The highest BCUT2D eigenvalue weighted by Gasteiger charge is 2.03. The fraction of sp³-hybridized carbons (Fsp3) is 0.222. The molecule has 0 spiro atoms. The molecule has 2 aromatic rings. The van der Waals surface area contributed by atoms with Gasteiger partial charge in [-0.15, -0.1) is 0 Å². The second-order valence-electron chi connectivity index (χ2n) is 4.42. The molecule has 0 aliphatic carbocycles. The molecule has 0 saturated heterocycles. The Bertz CT molecular complexity index is 638. The summed E-state index contributed by atoms with van der Waals surface area (Å²) < 4.78 is 11.0. The lowest BCUT2D eigenvalue weighted by atomic mass is 10.1. The first-order valence-electron chi connectivity index (χ1n) is 6.78. The highest BCUT2D eigenvalue weighted by molar-refractivity contribution is 5.40. The first kappa shape index (κ1) is 15.0. The zero-order chi connectivity index (χ0) is 14.9. The number of methoxy groups -OCH3 is 1. The Morgan fingerprint density at radius 3 is 2.62 bits per heavy atom. The fourth-order valence-corrected chi connectivity index (χ4v) is 1.86. The SMILES string of the molecule is COc1ccccc1OCc1cccc(C#CCCO)c1. The van der Waals surface area contributed by atoms with E-state index in [1.54, 1.807) is 7.11 Å². The van der Waals surface area contributed by atoms with E-state index in [0.717, 1.165) is 22.6 Å². The molecule has 108 valence electrons. The maximum absolute atomic E-state index is 8.72. The van der Waals surface area contributed by atoms with Gasteiger partial charge in [0.05, 0.1) is 13.7 Å². The molecule has 0 aromatic heterocycles. The molecule has 0 amide bonds. The molecule has 0 saturated carbocycles. The van der Waals surface area contributed by atoms with Crippen LogP contribution in [0.1, 0.15) is 17.5 Å². The van der Waals surface area contributed by atoms with Crippen molar-refractivity contribution < 1.29 is 14.6 Å². The molecule has 3 heteroatoms. The van der Waals surface area contributed by atoms with Gasteiger partial charge >= 0.3 is 0 Å². The Kier molecular flexibility index (Phi) is 5.69. The van der Waals surface area contributed by atoms with Gasteiger partial charge in [0.2, 0.25) is 0 Å². The Labute approximate surface area is 125 Å². The van der Waals surface area contributed by atoms with Crippen LogP contribution in [0.15, 0.2) is 48.5 Å². The van der Waals surface area contributed by atoms with Gasteiger partial charge in [0.25, 0.3) is 0 Å². The number of rotatable bonds is 5. The monoisotopic (exact) mass is 282 g/mol. The molecular weight excluding hydrogens is 264 g/mol. The number of aliphatic hydroxyl groups excluding tert-OH is 1. The highest BCUT2D eigenvalue weighted by atomic mass is 16.5. The molecule has 21 heavy (non-hydrogen) atoms. The maximum atomic E-state index is 8.72. The zero-order valence-corrected chi connectivity index (χ0v) is 12.0. The standard InChI is InChI=1S/C18H18O3/c1-20-17-10-2-3-11-18(17)21-14-16-9-6-8-15(13-16)7-4-5-12-19/h2-3,6,8-11,13,19H,5,12,14H2,1H3. The third-order valence-corrected chi connectivity index (χ3v) is 2.86. The first-order chi connectivity index (χ1) is 10.3. The third-order valence-electron chi connectivity index (χ3n) is 2.86. The second kappa shape index (κ2) is 7.98. The lowest BCUT2D eigenvalue weighted by Crippen LogP contribution is -1.97. The van der Waals surface area contributed by atoms with Gasteiger partial charge in [-0.25, -0.2) is 0 Å². The summed E-state index contributed by atoms with van der Waals surface area (Å²) in [5, 5.41) is 8.72. The van der Waals surface area contributed by atoms with Crippen molar-refractivity contribution in [2.45, 2.75) is 13.0 Å². The van der Waals surface area contributed by atoms with Crippen molar-refractivity contribution in [2.24, 2.45) is 0 Å². The minimum absolute atomic E-state index is 0.0869. The van der Waals surface area contributed by atoms with Gasteiger partial charge in [0.15, 0.2) is 11.5 Å². The summed E-state index contributed by atoms with van der Waals surface area (Å²) in [5.41, 5.74) is 1.96. The van der Waals surface area contributed by atoms with Gasteiger partial charge in [-0.2, -0.15) is 0 Å². The topological polar surface area (TPSA) is 38.7 Å². The van der Waals surface area contributed by atoms with E-state index in [2.05, 4.69) is 11.8 Å². The van der Waals surface area contributed by atoms with Crippen LogP contribution >= 0.6 is 0 Å². The summed E-state index contributed by atoms with van der Waals surface area (Å²) in [7, 11) is 1.62. The van der Waals surface area contributed by atoms with E-state index in [1.165, 1.54) is 0 Å². The quantitative estimate of drug-likeness (QED) is 0.857. The maximum Gasteiger partial charge on any atom is 0.161 e. The molecule has 0 aliphatic heterocycles. The summed E-state index contributed by atoms with van der Waals surface area (Å²) in [4.78, 5) is 0. The first-order valence-corrected chi connectivity index (χ1v) is 6.78. The number of benzene rings is 2. The summed E-state index contributed by atoms with van der Waals surface area (Å²) in [5.74, 6) is 7.36. The molecule has 3 nitrogen and oxygen atoms in total. The molecule has 0 unspecified atom stereocenters. The Balaban J connectivity index is 2.03. The van der Waals surface area contributed by atoms with Crippen LogP contribution < -0.4 is 9.47 Å². The van der Waals surface area contributed by atoms with Crippen LogP contribution in [0.2, 0.25) is 0 Å². The third kappa shape index (κ3) is 4.55. The molecule has 0 atom stereocenters. The molecule has 1 N–H and O–H groups in total. The summed E-state index contributed by atoms with van der Waals surface area (Å²) >= 11 is 0. The van der Waals surface area contributed by atoms with Crippen LogP contribution in [-0.2, 0) is 6.61 Å². The van der Waals surface area contributed by atoms with E-state index in [1.807, 2.05) is 48.5 Å². The zero-order valence-electron chi connectivity index (χ0n) is 12.0. The van der Waals surface area contributed by atoms with E-state index < -0.39 is 0 Å². The van der Waals surface area contributed by atoms with Gasteiger partial charge in [-0.3, -0.25) is 0 Å². The van der Waals surface area contributed by atoms with Crippen molar-refractivity contribution in [3.63, 3.8) is 0 Å². The van der Waals surface area contributed by atoms with Crippen LogP contribution in [0.25, 0.3) is 0 Å². The van der Waals surface area contributed by atoms with Gasteiger partial charge in [-0.05, 0) is 29.8 Å². The summed E-state index contributed by atoms with van der Waals surface area (Å²) in [6, 6.07) is 15.4. The number of hydrogen-bond acceptors (Lipinski definition) is 3. The van der Waals surface area contributed by atoms with Crippen LogP contribution in [0.3, 0.4) is 0 Å². The second-order valence-corrected chi connectivity index (χ2v) is 4.42. The molecule has 0 heterocycles. The fourth-order valence-electron chi connectivity index (χ4n) is 1.86. The van der Waals surface area contributed by atoms with Crippen LogP contribution in [-0.4, -0.2) is 18.8 Å². The smallest absolute Gasteiger partial charge is 0.161 e. The minimum atomic E-state index is 0.0869. The summed E-state index contributed by atoms with van der Waals surface area (Å²) in [6.07, 6.45) is 0.488. The van der Waals surface area contributed by atoms with Crippen LogP contribution in [0, 0.1) is 11.8 Å². The number of ether oxygens (including phenoxy) is 2. The van der Waals surface area contributed by atoms with Gasteiger partial charge in [-0.1, -0.05) is 36.1 Å². The molecular formula is C18H18O3. The predicted octanol–water partition coefficient (Wildman–Crippen LogP) is 3.01. The van der Waals surface area contributed by atoms with E-state index in [0.29, 0.717) is 13.0 Å². The van der Waals surface area contributed by atoms with E-state index in [4.69, 9.17) is 14.6 Å². The Hall–Kier alpha value is -2.44. The number of hydrogen-bond donors (Lipinski definition) is 1. The van der Waals surface area contributed by atoms with Crippen molar-refractivity contribution in [3.05, 3.63) is 59.7 Å². The van der Waals surface area contributed by atoms with Crippen molar-refractivity contribution >= 4 is 0 Å². The molecule has 2 rings (SSSR count). The Morgan fingerprint density at radius 1 is 1.05 bits per heavy atom. The van der Waals surface area contributed by atoms with Crippen LogP contribution in [0.4, 0.5) is 0 Å². The number of aliphatic hydroxyl groups is 1. The molecule has 0 aliphatic rings. The van der Waals surface area contributed by atoms with E-state index in [9.17, 15) is 0 Å². The molecule has 0 bridgehead atoms. The van der Waals surface area contributed by atoms with Gasteiger partial charge in [0.1, 0.15) is 6.61 Å². The van der Waals surface area contributed by atoms with Crippen molar-refractivity contribution in [1.29, 1.82) is 0 Å². The van der Waals surface area contributed by atoms with Crippen molar-refractivity contribution in [1.82, 2.24) is 0 Å². The van der Waals surface area contributed by atoms with E-state index in [-0.39, 0.29) is 6.61 Å². The lowest BCUT2D eigenvalue weighted by Gasteiger charge is -2.10. The molecule has 2 aromatic carbocycles. The largest absolute Gasteiger partial charge is 0.493 e. The molecule has 0 radical (unpaired) electrons. The van der Waals surface area contributed by atoms with Gasteiger partial charge in [0, 0.05) is 12.0 Å². The highest BCUT2D eigenvalue weighted by Crippen LogP contribution is 2.26. The van der Waals surface area contributed by atoms with Crippen LogP contribution in [0.5, 0.6) is 11.5 Å². The predicted molar refractivity (Wildman–Crippen MR) is 82.3 cm³/mol. The van der Waals surface area contributed by atoms with E-state index >= 15 is 0 Å². The van der Waals surface area contributed by atoms with Crippen molar-refractivity contribution in [3.8, 4) is 23.3 Å². The Morgan fingerprint density at radius 2 is 1.86 bits per heavy atom. The average molecular weight is 282 g/mol. The minimum Gasteiger partial charge on any atom is -0.493 e.